The highest BCUT2D eigenvalue weighted by molar-refractivity contribution is 6.36. The molecule has 0 unspecified atom stereocenters. The van der Waals surface area contributed by atoms with Gasteiger partial charge >= 0.3 is 0 Å². The minimum absolute atomic E-state index is 0.0200. The van der Waals surface area contributed by atoms with Crippen molar-refractivity contribution in [1.29, 1.82) is 0 Å². The van der Waals surface area contributed by atoms with Gasteiger partial charge in [0.25, 0.3) is 5.91 Å². The van der Waals surface area contributed by atoms with Crippen molar-refractivity contribution in [1.82, 2.24) is 14.6 Å². The summed E-state index contributed by atoms with van der Waals surface area (Å²) >= 11 is 12.8. The second kappa shape index (κ2) is 7.22. The minimum atomic E-state index is -0.666. The molecule has 9 heteroatoms. The van der Waals surface area contributed by atoms with Gasteiger partial charge in [-0.05, 0) is 30.5 Å². The quantitative estimate of drug-likeness (QED) is 0.590. The van der Waals surface area contributed by atoms with E-state index in [4.69, 9.17) is 28.9 Å². The maximum Gasteiger partial charge on any atom is 0.254 e. The zero-order valence-electron chi connectivity index (χ0n) is 15.8. The standard InChI is InChI=1S/C19H20Cl2FN5O/c1-9(19(2,3)4)25-18-14(11-6-5-10(22)7-13(11)20)15(21)26-17-12(16(23)28)8-24-27(17)18/h5-9,25H,1-4H3,(H2,23,28)/t9-/m1/s1. The van der Waals surface area contributed by atoms with E-state index in [0.717, 1.165) is 0 Å². The lowest BCUT2D eigenvalue weighted by Gasteiger charge is -2.30. The summed E-state index contributed by atoms with van der Waals surface area (Å²) in [6, 6.07) is 3.99. The molecular formula is C19H20Cl2FN5O. The molecule has 0 fully saturated rings. The predicted molar refractivity (Wildman–Crippen MR) is 109 cm³/mol. The summed E-state index contributed by atoms with van der Waals surface area (Å²) in [5.74, 6) is -0.647. The zero-order valence-corrected chi connectivity index (χ0v) is 17.4. The molecule has 2 aromatic heterocycles. The van der Waals surface area contributed by atoms with Gasteiger partial charge in [0.1, 0.15) is 22.4 Å². The number of carbonyl (C=O) groups excluding carboxylic acids is 1. The third-order valence-electron chi connectivity index (χ3n) is 4.72. The Hall–Kier alpha value is -2.38. The van der Waals surface area contributed by atoms with E-state index in [1.54, 1.807) is 0 Å². The maximum atomic E-state index is 13.6. The van der Waals surface area contributed by atoms with Crippen LogP contribution in [0.25, 0.3) is 16.8 Å². The Morgan fingerprint density at radius 3 is 2.57 bits per heavy atom. The van der Waals surface area contributed by atoms with Gasteiger partial charge in [-0.25, -0.2) is 9.37 Å². The Balaban J connectivity index is 2.34. The van der Waals surface area contributed by atoms with Gasteiger partial charge in [0.05, 0.1) is 16.8 Å². The lowest BCUT2D eigenvalue weighted by Crippen LogP contribution is -2.32. The second-order valence-corrected chi connectivity index (χ2v) is 8.41. The van der Waals surface area contributed by atoms with Crippen LogP contribution in [0.1, 0.15) is 38.1 Å². The lowest BCUT2D eigenvalue weighted by molar-refractivity contribution is 0.100. The molecule has 0 spiro atoms. The van der Waals surface area contributed by atoms with Gasteiger partial charge in [-0.1, -0.05) is 44.0 Å². The first-order chi connectivity index (χ1) is 13.0. The number of nitrogens with zero attached hydrogens (tertiary/aromatic N) is 3. The summed E-state index contributed by atoms with van der Waals surface area (Å²) in [6.45, 7) is 8.24. The van der Waals surface area contributed by atoms with Gasteiger partial charge in [-0.3, -0.25) is 4.79 Å². The predicted octanol–water partition coefficient (Wildman–Crippen LogP) is 4.79. The third kappa shape index (κ3) is 3.64. The van der Waals surface area contributed by atoms with Crippen LogP contribution in [0.15, 0.2) is 24.4 Å². The van der Waals surface area contributed by atoms with E-state index in [2.05, 4.69) is 36.2 Å². The normalized spacial score (nSPS) is 13.0. The van der Waals surface area contributed by atoms with Crippen molar-refractivity contribution in [3.8, 4) is 11.1 Å². The SMILES string of the molecule is C[C@@H](Nc1c(-c2ccc(F)cc2Cl)c(Cl)nc2c(C(N)=O)cnn12)C(C)(C)C. The van der Waals surface area contributed by atoms with Crippen LogP contribution in [0.2, 0.25) is 10.2 Å². The smallest absolute Gasteiger partial charge is 0.254 e. The van der Waals surface area contributed by atoms with Gasteiger partial charge in [0, 0.05) is 11.6 Å². The maximum absolute atomic E-state index is 13.6. The molecule has 0 saturated heterocycles. The van der Waals surface area contributed by atoms with E-state index in [9.17, 15) is 9.18 Å². The van der Waals surface area contributed by atoms with Crippen molar-refractivity contribution in [2.24, 2.45) is 11.1 Å². The molecule has 0 aliphatic rings. The summed E-state index contributed by atoms with van der Waals surface area (Å²) < 4.78 is 15.0. The van der Waals surface area contributed by atoms with Gasteiger partial charge in [-0.15, -0.1) is 0 Å². The first-order valence-electron chi connectivity index (χ1n) is 8.59. The number of aromatic nitrogens is 3. The van der Waals surface area contributed by atoms with Crippen LogP contribution < -0.4 is 11.1 Å². The van der Waals surface area contributed by atoms with E-state index in [0.29, 0.717) is 16.9 Å². The molecule has 0 bridgehead atoms. The number of nitrogens with two attached hydrogens (primary N) is 1. The first-order valence-corrected chi connectivity index (χ1v) is 9.35. The van der Waals surface area contributed by atoms with Crippen LogP contribution in [0.5, 0.6) is 0 Å². The molecule has 1 amide bonds. The lowest BCUT2D eigenvalue weighted by atomic mass is 9.88. The van der Waals surface area contributed by atoms with Crippen LogP contribution in [0.3, 0.4) is 0 Å². The molecule has 148 valence electrons. The average Bonchev–Trinajstić information content (AvgIpc) is 2.99. The Kier molecular flexibility index (Phi) is 5.25. The molecule has 3 N–H and O–H groups in total. The number of hydrogen-bond donors (Lipinski definition) is 2. The van der Waals surface area contributed by atoms with Crippen molar-refractivity contribution >= 4 is 40.6 Å². The van der Waals surface area contributed by atoms with Gasteiger partial charge in [0.15, 0.2) is 5.65 Å². The van der Waals surface area contributed by atoms with Gasteiger partial charge in [-0.2, -0.15) is 9.61 Å². The van der Waals surface area contributed by atoms with Crippen LogP contribution in [0.4, 0.5) is 10.2 Å². The number of hydrogen-bond acceptors (Lipinski definition) is 4. The summed E-state index contributed by atoms with van der Waals surface area (Å²) in [6.07, 6.45) is 1.34. The van der Waals surface area contributed by atoms with Crippen LogP contribution in [-0.4, -0.2) is 26.5 Å². The summed E-state index contributed by atoms with van der Waals surface area (Å²) in [7, 11) is 0. The third-order valence-corrected chi connectivity index (χ3v) is 5.31. The zero-order chi connectivity index (χ0) is 20.8. The number of fused-ring (bicyclic) bond motifs is 1. The average molecular weight is 424 g/mol. The number of primary amides is 1. The number of amides is 1. The second-order valence-electron chi connectivity index (χ2n) is 7.64. The van der Waals surface area contributed by atoms with E-state index in [1.165, 1.54) is 28.9 Å². The Bertz CT molecular complexity index is 1070. The van der Waals surface area contributed by atoms with E-state index < -0.39 is 11.7 Å². The van der Waals surface area contributed by atoms with E-state index >= 15 is 0 Å². The van der Waals surface area contributed by atoms with Crippen molar-refractivity contribution in [2.75, 3.05) is 5.32 Å². The molecule has 2 heterocycles. The fraction of sp³-hybridized carbons (Fsp3) is 0.316. The number of nitrogens with one attached hydrogen (secondary N) is 1. The van der Waals surface area contributed by atoms with E-state index in [1.807, 2.05) is 6.92 Å². The Labute approximate surface area is 171 Å². The van der Waals surface area contributed by atoms with Crippen molar-refractivity contribution in [2.45, 2.75) is 33.7 Å². The van der Waals surface area contributed by atoms with Gasteiger partial charge < -0.3 is 11.1 Å². The molecule has 1 aromatic carbocycles. The molecule has 0 radical (unpaired) electrons. The minimum Gasteiger partial charge on any atom is -0.366 e. The summed E-state index contributed by atoms with van der Waals surface area (Å²) in [4.78, 5) is 16.0. The molecule has 6 nitrogen and oxygen atoms in total. The van der Waals surface area contributed by atoms with E-state index in [-0.39, 0.29) is 32.8 Å². The summed E-state index contributed by atoms with van der Waals surface area (Å²) in [5.41, 5.74) is 6.63. The molecule has 3 rings (SSSR count). The topological polar surface area (TPSA) is 85.3 Å². The first kappa shape index (κ1) is 20.4. The van der Waals surface area contributed by atoms with Crippen LogP contribution >= 0.6 is 23.2 Å². The fourth-order valence-electron chi connectivity index (χ4n) is 2.63. The highest BCUT2D eigenvalue weighted by Crippen LogP contribution is 2.40. The van der Waals surface area contributed by atoms with Crippen molar-refractivity contribution in [3.63, 3.8) is 0 Å². The highest BCUT2D eigenvalue weighted by atomic mass is 35.5. The molecule has 28 heavy (non-hydrogen) atoms. The van der Waals surface area contributed by atoms with Crippen molar-refractivity contribution in [3.05, 3.63) is 46.0 Å². The Morgan fingerprint density at radius 2 is 2.00 bits per heavy atom. The molecule has 0 aliphatic carbocycles. The molecule has 1 atom stereocenters. The monoisotopic (exact) mass is 423 g/mol. The number of rotatable bonds is 4. The number of benzene rings is 1. The molecule has 3 aromatic rings. The molecule has 0 aliphatic heterocycles. The number of carbonyl (C=O) groups is 1. The van der Waals surface area contributed by atoms with Gasteiger partial charge in [0.2, 0.25) is 0 Å². The Morgan fingerprint density at radius 1 is 1.32 bits per heavy atom. The van der Waals surface area contributed by atoms with Crippen LogP contribution in [0, 0.1) is 11.2 Å². The summed E-state index contributed by atoms with van der Waals surface area (Å²) in [5, 5.41) is 7.93. The number of anilines is 1. The molecule has 0 saturated carbocycles. The largest absolute Gasteiger partial charge is 0.366 e. The highest BCUT2D eigenvalue weighted by Gasteiger charge is 2.26. The fourth-order valence-corrected chi connectivity index (χ4v) is 3.16. The van der Waals surface area contributed by atoms with Crippen molar-refractivity contribution < 1.29 is 9.18 Å². The molecular weight excluding hydrogens is 404 g/mol. The number of halogens is 3. The van der Waals surface area contributed by atoms with Crippen LogP contribution in [-0.2, 0) is 0 Å².